The molecule has 0 amide bonds. The minimum atomic E-state index is -0.378. The second-order valence-electron chi connectivity index (χ2n) is 7.33. The van der Waals surface area contributed by atoms with E-state index in [2.05, 4.69) is 0 Å². The van der Waals surface area contributed by atoms with E-state index >= 15 is 0 Å². The zero-order chi connectivity index (χ0) is 22.0. The topological polar surface area (TPSA) is 66.8 Å². The van der Waals surface area contributed by atoms with Crippen LogP contribution in [0.5, 0.6) is 11.5 Å². The van der Waals surface area contributed by atoms with Crippen LogP contribution in [0.25, 0.3) is 22.0 Å². The summed E-state index contributed by atoms with van der Waals surface area (Å²) in [4.78, 5) is 25.9. The van der Waals surface area contributed by atoms with Gasteiger partial charge < -0.3 is 14.2 Å². The lowest BCUT2D eigenvalue weighted by Gasteiger charge is -2.26. The van der Waals surface area contributed by atoms with E-state index in [4.69, 9.17) is 14.2 Å². The van der Waals surface area contributed by atoms with Crippen LogP contribution < -0.4 is 15.0 Å². The first-order chi connectivity index (χ1) is 15.1. The number of rotatable bonds is 5. The van der Waals surface area contributed by atoms with Crippen LogP contribution in [0.4, 0.5) is 0 Å². The Bertz CT molecular complexity index is 1220. The van der Waals surface area contributed by atoms with Gasteiger partial charge in [0.1, 0.15) is 0 Å². The molecule has 3 aromatic rings. The van der Waals surface area contributed by atoms with Crippen molar-refractivity contribution in [1.29, 1.82) is 0 Å². The first-order valence-corrected chi connectivity index (χ1v) is 10.4. The molecule has 0 saturated carbocycles. The zero-order valence-corrected chi connectivity index (χ0v) is 17.9. The number of esters is 1. The fraction of sp³-hybridized carbons (Fsp3) is 0.280. The third-order valence-electron chi connectivity index (χ3n) is 5.56. The second-order valence-corrected chi connectivity index (χ2v) is 7.33. The lowest BCUT2D eigenvalue weighted by atomic mass is 9.86. The van der Waals surface area contributed by atoms with E-state index < -0.39 is 0 Å². The number of pyridine rings is 1. The molecule has 1 aliphatic rings. The van der Waals surface area contributed by atoms with Gasteiger partial charge in [-0.15, -0.1) is 0 Å². The van der Waals surface area contributed by atoms with Crippen LogP contribution in [0.1, 0.15) is 31.0 Å². The number of carbonyl (C=O) groups excluding carboxylic acids is 1. The third kappa shape index (κ3) is 3.69. The Kier molecular flexibility index (Phi) is 5.80. The first kappa shape index (κ1) is 20.7. The molecule has 0 N–H and O–H groups in total. The van der Waals surface area contributed by atoms with Gasteiger partial charge in [-0.3, -0.25) is 9.36 Å². The van der Waals surface area contributed by atoms with Gasteiger partial charge in [-0.25, -0.2) is 4.79 Å². The molecule has 31 heavy (non-hydrogen) atoms. The fourth-order valence-electron chi connectivity index (χ4n) is 4.26. The van der Waals surface area contributed by atoms with Gasteiger partial charge in [0, 0.05) is 28.4 Å². The van der Waals surface area contributed by atoms with Crippen molar-refractivity contribution in [2.24, 2.45) is 0 Å². The van der Waals surface area contributed by atoms with E-state index in [0.29, 0.717) is 23.5 Å². The number of benzene rings is 2. The normalized spacial score (nSPS) is 14.4. The predicted molar refractivity (Wildman–Crippen MR) is 120 cm³/mol. The Labute approximate surface area is 180 Å². The number of allylic oxidation sites excluding steroid dienone is 1. The summed E-state index contributed by atoms with van der Waals surface area (Å²) in [5.41, 5.74) is 3.30. The maximum absolute atomic E-state index is 13.7. The van der Waals surface area contributed by atoms with Crippen molar-refractivity contribution in [3.05, 3.63) is 70.2 Å². The molecule has 0 saturated heterocycles. The number of para-hydroxylation sites is 1. The summed E-state index contributed by atoms with van der Waals surface area (Å²) < 4.78 is 17.9. The Balaban J connectivity index is 2.13. The molecule has 0 spiro atoms. The molecule has 2 aromatic carbocycles. The highest BCUT2D eigenvalue weighted by Gasteiger charge is 2.25. The summed E-state index contributed by atoms with van der Waals surface area (Å²) in [6.45, 7) is 2.09. The van der Waals surface area contributed by atoms with E-state index in [1.807, 2.05) is 36.4 Å². The second kappa shape index (κ2) is 8.68. The Hall–Kier alpha value is -3.54. The number of fused-ring (bicyclic) bond motifs is 3. The predicted octanol–water partition coefficient (Wildman–Crippen LogP) is 4.29. The summed E-state index contributed by atoms with van der Waals surface area (Å²) in [7, 11) is 3.11. The average molecular weight is 419 g/mol. The van der Waals surface area contributed by atoms with Gasteiger partial charge in [-0.2, -0.15) is 0 Å². The zero-order valence-electron chi connectivity index (χ0n) is 17.9. The lowest BCUT2D eigenvalue weighted by Crippen LogP contribution is -2.26. The van der Waals surface area contributed by atoms with Crippen LogP contribution in [0.2, 0.25) is 0 Å². The molecule has 1 aliphatic carbocycles. The standard InChI is InChI=1S/C25H25NO5/c1-4-31-23(27)13-16-9-8-12-20-24(16)18-14-21(29-2)22(30-3)15-19(18)25(28)26(20)17-10-6-5-7-11-17/h5-7,10-11,13-15H,4,8-9,12H2,1-3H3/b16-13+. The summed E-state index contributed by atoms with van der Waals surface area (Å²) in [5, 5.41) is 1.26. The van der Waals surface area contributed by atoms with E-state index in [1.165, 1.54) is 0 Å². The minimum Gasteiger partial charge on any atom is -0.493 e. The van der Waals surface area contributed by atoms with Crippen LogP contribution in [0, 0.1) is 0 Å². The van der Waals surface area contributed by atoms with Crippen molar-refractivity contribution in [2.75, 3.05) is 20.8 Å². The van der Waals surface area contributed by atoms with Crippen LogP contribution in [-0.2, 0) is 16.0 Å². The van der Waals surface area contributed by atoms with Crippen LogP contribution in [-0.4, -0.2) is 31.4 Å². The number of carbonyl (C=O) groups is 1. The molecule has 0 fully saturated rings. The Morgan fingerprint density at radius 3 is 2.35 bits per heavy atom. The van der Waals surface area contributed by atoms with Gasteiger partial charge in [0.2, 0.25) is 0 Å². The summed E-state index contributed by atoms with van der Waals surface area (Å²) in [6.07, 6.45) is 3.84. The minimum absolute atomic E-state index is 0.127. The molecule has 1 heterocycles. The highest BCUT2D eigenvalue weighted by molar-refractivity contribution is 6.01. The van der Waals surface area contributed by atoms with Crippen molar-refractivity contribution in [2.45, 2.75) is 26.2 Å². The first-order valence-electron chi connectivity index (χ1n) is 10.4. The van der Waals surface area contributed by atoms with Crippen molar-refractivity contribution in [3.63, 3.8) is 0 Å². The molecule has 0 aliphatic heterocycles. The van der Waals surface area contributed by atoms with E-state index in [1.54, 1.807) is 37.9 Å². The van der Waals surface area contributed by atoms with Crippen molar-refractivity contribution in [3.8, 4) is 17.2 Å². The largest absolute Gasteiger partial charge is 0.493 e. The van der Waals surface area contributed by atoms with E-state index in [0.717, 1.165) is 47.2 Å². The quantitative estimate of drug-likeness (QED) is 0.456. The number of nitrogens with zero attached hydrogens (tertiary/aromatic N) is 1. The van der Waals surface area contributed by atoms with Gasteiger partial charge in [0.05, 0.1) is 26.2 Å². The van der Waals surface area contributed by atoms with Gasteiger partial charge in [-0.05, 0) is 56.0 Å². The van der Waals surface area contributed by atoms with E-state index in [9.17, 15) is 9.59 Å². The highest BCUT2D eigenvalue weighted by atomic mass is 16.5. The smallest absolute Gasteiger partial charge is 0.331 e. The summed E-state index contributed by atoms with van der Waals surface area (Å²) >= 11 is 0. The van der Waals surface area contributed by atoms with Crippen molar-refractivity contribution < 1.29 is 19.0 Å². The fourth-order valence-corrected chi connectivity index (χ4v) is 4.26. The van der Waals surface area contributed by atoms with Gasteiger partial charge in [0.15, 0.2) is 11.5 Å². The molecule has 0 bridgehead atoms. The molecule has 4 rings (SSSR count). The average Bonchev–Trinajstić information content (AvgIpc) is 2.79. The number of hydrogen-bond donors (Lipinski definition) is 0. The van der Waals surface area contributed by atoms with Crippen LogP contribution >= 0.6 is 0 Å². The number of methoxy groups -OCH3 is 2. The van der Waals surface area contributed by atoms with Crippen LogP contribution in [0.15, 0.2) is 53.3 Å². The molecule has 1 aromatic heterocycles. The molecule has 6 heteroatoms. The monoisotopic (exact) mass is 419 g/mol. The number of aromatic nitrogens is 1. The molecule has 0 atom stereocenters. The SMILES string of the molecule is CCOC(=O)/C=C1\CCCc2c1c1cc(OC)c(OC)cc1c(=O)n2-c1ccccc1. The lowest BCUT2D eigenvalue weighted by molar-refractivity contribution is -0.137. The maximum atomic E-state index is 13.7. The molecule has 160 valence electrons. The molecule has 0 radical (unpaired) electrons. The van der Waals surface area contributed by atoms with Gasteiger partial charge >= 0.3 is 5.97 Å². The number of ether oxygens (including phenoxy) is 3. The van der Waals surface area contributed by atoms with E-state index in [-0.39, 0.29) is 11.5 Å². The van der Waals surface area contributed by atoms with Gasteiger partial charge in [0.25, 0.3) is 5.56 Å². The van der Waals surface area contributed by atoms with Crippen molar-refractivity contribution >= 4 is 22.3 Å². The third-order valence-corrected chi connectivity index (χ3v) is 5.56. The van der Waals surface area contributed by atoms with Crippen LogP contribution in [0.3, 0.4) is 0 Å². The summed E-state index contributed by atoms with van der Waals surface area (Å²) in [5.74, 6) is 0.643. The van der Waals surface area contributed by atoms with Gasteiger partial charge in [-0.1, -0.05) is 18.2 Å². The molecular formula is C25H25NO5. The summed E-state index contributed by atoms with van der Waals surface area (Å²) in [6, 6.07) is 13.1. The van der Waals surface area contributed by atoms with Crippen molar-refractivity contribution in [1.82, 2.24) is 4.57 Å². The Morgan fingerprint density at radius 1 is 1.03 bits per heavy atom. The Morgan fingerprint density at radius 2 is 1.71 bits per heavy atom. The molecular weight excluding hydrogens is 394 g/mol. The highest BCUT2D eigenvalue weighted by Crippen LogP contribution is 2.40. The maximum Gasteiger partial charge on any atom is 0.331 e. The molecule has 0 unspecified atom stereocenters. The number of hydrogen-bond acceptors (Lipinski definition) is 5. The molecule has 6 nitrogen and oxygen atoms in total.